The Kier molecular flexibility index (Phi) is 5.61. The summed E-state index contributed by atoms with van der Waals surface area (Å²) in [5, 5.41) is 8.63. The molecule has 2 rings (SSSR count). The predicted molar refractivity (Wildman–Crippen MR) is 82.1 cm³/mol. The molecule has 1 amide bonds. The van der Waals surface area contributed by atoms with Crippen molar-refractivity contribution in [2.45, 2.75) is 6.42 Å². The molecule has 1 aliphatic rings. The first-order valence-electron chi connectivity index (χ1n) is 7.30. The number of benzene rings is 1. The van der Waals surface area contributed by atoms with Crippen molar-refractivity contribution in [3.8, 4) is 17.6 Å². The molecule has 0 unspecified atom stereocenters. The van der Waals surface area contributed by atoms with Gasteiger partial charge in [-0.15, -0.1) is 0 Å². The fraction of sp³-hybridized carbons (Fsp3) is 0.500. The number of piperazine rings is 1. The number of amides is 1. The van der Waals surface area contributed by atoms with Crippen molar-refractivity contribution in [2.75, 3.05) is 46.9 Å². The van der Waals surface area contributed by atoms with E-state index in [1.165, 1.54) is 0 Å². The van der Waals surface area contributed by atoms with Gasteiger partial charge in [0.15, 0.2) is 0 Å². The van der Waals surface area contributed by atoms with Crippen molar-refractivity contribution >= 4 is 5.91 Å². The summed E-state index contributed by atoms with van der Waals surface area (Å²) in [4.78, 5) is 16.8. The molecule has 0 spiro atoms. The molecule has 1 aromatic carbocycles. The van der Waals surface area contributed by atoms with Gasteiger partial charge in [-0.05, 0) is 12.1 Å². The van der Waals surface area contributed by atoms with Gasteiger partial charge in [-0.3, -0.25) is 9.69 Å². The molecular formula is C16H21N3O3. The van der Waals surface area contributed by atoms with Crippen LogP contribution in [-0.2, 0) is 0 Å². The van der Waals surface area contributed by atoms with Crippen LogP contribution in [0.4, 0.5) is 0 Å². The van der Waals surface area contributed by atoms with Gasteiger partial charge < -0.3 is 14.4 Å². The van der Waals surface area contributed by atoms with Gasteiger partial charge in [-0.2, -0.15) is 5.26 Å². The molecule has 22 heavy (non-hydrogen) atoms. The van der Waals surface area contributed by atoms with Crippen LogP contribution in [0.5, 0.6) is 11.5 Å². The largest absolute Gasteiger partial charge is 0.496 e. The number of carbonyl (C=O) groups excluding carboxylic acids is 1. The molecule has 0 atom stereocenters. The number of carbonyl (C=O) groups is 1. The van der Waals surface area contributed by atoms with Gasteiger partial charge >= 0.3 is 0 Å². The van der Waals surface area contributed by atoms with E-state index < -0.39 is 0 Å². The lowest BCUT2D eigenvalue weighted by atomic mass is 10.1. The summed E-state index contributed by atoms with van der Waals surface area (Å²) < 4.78 is 10.6. The van der Waals surface area contributed by atoms with E-state index in [-0.39, 0.29) is 5.91 Å². The van der Waals surface area contributed by atoms with Crippen molar-refractivity contribution in [2.24, 2.45) is 0 Å². The van der Waals surface area contributed by atoms with Gasteiger partial charge in [-0.1, -0.05) is 6.07 Å². The Balaban J connectivity index is 2.09. The molecule has 0 radical (unpaired) electrons. The Morgan fingerprint density at radius 3 is 2.27 bits per heavy atom. The van der Waals surface area contributed by atoms with E-state index in [0.717, 1.165) is 19.6 Å². The Morgan fingerprint density at radius 2 is 1.77 bits per heavy atom. The molecule has 0 aliphatic carbocycles. The number of nitrogens with zero attached hydrogens (tertiary/aromatic N) is 3. The molecular weight excluding hydrogens is 282 g/mol. The maximum Gasteiger partial charge on any atom is 0.261 e. The summed E-state index contributed by atoms with van der Waals surface area (Å²) in [5.41, 5.74) is 0.470. The van der Waals surface area contributed by atoms with Gasteiger partial charge in [0.05, 0.1) is 20.3 Å². The molecule has 0 N–H and O–H groups in total. The summed E-state index contributed by atoms with van der Waals surface area (Å²) in [5.74, 6) is 0.974. The minimum absolute atomic E-state index is 0.0748. The SMILES string of the molecule is COc1cccc(OC)c1C(=O)N1CCN(CCC#N)CC1. The quantitative estimate of drug-likeness (QED) is 0.822. The van der Waals surface area contributed by atoms with E-state index in [2.05, 4.69) is 11.0 Å². The molecule has 0 bridgehead atoms. The third-order valence-electron chi connectivity index (χ3n) is 3.84. The van der Waals surface area contributed by atoms with Crippen molar-refractivity contribution in [3.63, 3.8) is 0 Å². The van der Waals surface area contributed by atoms with E-state index in [9.17, 15) is 4.79 Å². The Bertz CT molecular complexity index is 538. The molecule has 6 heteroatoms. The third-order valence-corrected chi connectivity index (χ3v) is 3.84. The van der Waals surface area contributed by atoms with Gasteiger partial charge in [0.2, 0.25) is 0 Å². The van der Waals surface area contributed by atoms with Crippen LogP contribution in [0.1, 0.15) is 16.8 Å². The van der Waals surface area contributed by atoms with Crippen molar-refractivity contribution < 1.29 is 14.3 Å². The topological polar surface area (TPSA) is 65.8 Å². The van der Waals surface area contributed by atoms with Gasteiger partial charge in [-0.25, -0.2) is 0 Å². The summed E-state index contributed by atoms with van der Waals surface area (Å²) in [7, 11) is 3.09. The minimum atomic E-state index is -0.0748. The number of methoxy groups -OCH3 is 2. The van der Waals surface area contributed by atoms with Crippen molar-refractivity contribution in [1.29, 1.82) is 5.26 Å². The smallest absolute Gasteiger partial charge is 0.261 e. The summed E-state index contributed by atoms with van der Waals surface area (Å²) >= 11 is 0. The van der Waals surface area contributed by atoms with Crippen LogP contribution in [-0.4, -0.2) is 62.7 Å². The van der Waals surface area contributed by atoms with E-state index >= 15 is 0 Å². The van der Waals surface area contributed by atoms with Crippen LogP contribution in [0.15, 0.2) is 18.2 Å². The van der Waals surface area contributed by atoms with Gasteiger partial charge in [0.1, 0.15) is 17.1 Å². The lowest BCUT2D eigenvalue weighted by molar-refractivity contribution is 0.0633. The van der Waals surface area contributed by atoms with Gasteiger partial charge in [0, 0.05) is 39.1 Å². The molecule has 0 saturated carbocycles. The fourth-order valence-electron chi connectivity index (χ4n) is 2.60. The van der Waals surface area contributed by atoms with Gasteiger partial charge in [0.25, 0.3) is 5.91 Å². The zero-order valence-electron chi connectivity index (χ0n) is 13.0. The second-order valence-electron chi connectivity index (χ2n) is 5.08. The lowest BCUT2D eigenvalue weighted by Crippen LogP contribution is -2.48. The number of rotatable bonds is 5. The average Bonchev–Trinajstić information content (AvgIpc) is 2.58. The Morgan fingerprint density at radius 1 is 1.18 bits per heavy atom. The maximum absolute atomic E-state index is 12.8. The molecule has 1 aliphatic heterocycles. The highest BCUT2D eigenvalue weighted by Crippen LogP contribution is 2.29. The number of hydrogen-bond donors (Lipinski definition) is 0. The second-order valence-corrected chi connectivity index (χ2v) is 5.08. The predicted octanol–water partition coefficient (Wildman–Crippen LogP) is 1.38. The fourth-order valence-corrected chi connectivity index (χ4v) is 2.60. The van der Waals surface area contributed by atoms with Crippen LogP contribution in [0.25, 0.3) is 0 Å². The van der Waals surface area contributed by atoms with Crippen LogP contribution in [0, 0.1) is 11.3 Å². The maximum atomic E-state index is 12.8. The van der Waals surface area contributed by atoms with E-state index in [1.807, 2.05) is 4.90 Å². The molecule has 1 heterocycles. The van der Waals surface area contributed by atoms with Crippen LogP contribution < -0.4 is 9.47 Å². The Labute approximate surface area is 130 Å². The average molecular weight is 303 g/mol. The Hall–Kier alpha value is -2.26. The molecule has 6 nitrogen and oxygen atoms in total. The van der Waals surface area contributed by atoms with E-state index in [1.54, 1.807) is 32.4 Å². The molecule has 1 aromatic rings. The molecule has 0 aromatic heterocycles. The highest BCUT2D eigenvalue weighted by molar-refractivity contribution is 5.99. The molecule has 1 saturated heterocycles. The normalized spacial score (nSPS) is 15.2. The highest BCUT2D eigenvalue weighted by atomic mass is 16.5. The number of nitriles is 1. The van der Waals surface area contributed by atoms with E-state index in [0.29, 0.717) is 36.6 Å². The zero-order chi connectivity index (χ0) is 15.9. The van der Waals surface area contributed by atoms with E-state index in [4.69, 9.17) is 14.7 Å². The molecule has 118 valence electrons. The summed E-state index contributed by atoms with van der Waals surface area (Å²) in [6.45, 7) is 3.61. The number of ether oxygens (including phenoxy) is 2. The standard InChI is InChI=1S/C16H21N3O3/c1-21-13-5-3-6-14(22-2)15(13)16(20)19-11-9-18(10-12-19)8-4-7-17/h3,5-6H,4,8-12H2,1-2H3. The first-order chi connectivity index (χ1) is 10.7. The second kappa shape index (κ2) is 7.66. The van der Waals surface area contributed by atoms with Crippen LogP contribution in [0.3, 0.4) is 0 Å². The van der Waals surface area contributed by atoms with Crippen molar-refractivity contribution in [3.05, 3.63) is 23.8 Å². The summed E-state index contributed by atoms with van der Waals surface area (Å²) in [6.07, 6.45) is 0.522. The minimum Gasteiger partial charge on any atom is -0.496 e. The van der Waals surface area contributed by atoms with Crippen molar-refractivity contribution in [1.82, 2.24) is 9.80 Å². The highest BCUT2D eigenvalue weighted by Gasteiger charge is 2.26. The van der Waals surface area contributed by atoms with Crippen LogP contribution >= 0.6 is 0 Å². The zero-order valence-corrected chi connectivity index (χ0v) is 13.0. The molecule has 1 fully saturated rings. The van der Waals surface area contributed by atoms with Crippen LogP contribution in [0.2, 0.25) is 0 Å². The third kappa shape index (κ3) is 3.49. The first kappa shape index (κ1) is 16.1. The lowest BCUT2D eigenvalue weighted by Gasteiger charge is -2.34. The summed E-state index contributed by atoms with van der Waals surface area (Å²) in [6, 6.07) is 7.48. The first-order valence-corrected chi connectivity index (χ1v) is 7.30. The number of hydrogen-bond acceptors (Lipinski definition) is 5. The monoisotopic (exact) mass is 303 g/mol.